The molecule has 1 aliphatic rings. The van der Waals surface area contributed by atoms with Gasteiger partial charge in [0.25, 0.3) is 0 Å². The Morgan fingerprint density at radius 3 is 2.55 bits per heavy atom. The first-order chi connectivity index (χ1) is 14.2. The Morgan fingerprint density at radius 2 is 1.86 bits per heavy atom. The highest BCUT2D eigenvalue weighted by Gasteiger charge is 2.20. The maximum atomic E-state index is 10.5. The zero-order valence-corrected chi connectivity index (χ0v) is 16.6. The molecular formula is C23H24N2O4. The van der Waals surface area contributed by atoms with E-state index in [2.05, 4.69) is 9.88 Å². The van der Waals surface area contributed by atoms with Crippen molar-refractivity contribution in [3.8, 4) is 34.3 Å². The number of aromatic hydroxyl groups is 1. The largest absolute Gasteiger partial charge is 0.504 e. The third kappa shape index (κ3) is 4.27. The Labute approximate surface area is 170 Å². The van der Waals surface area contributed by atoms with Crippen molar-refractivity contribution >= 4 is 0 Å². The first-order valence-electron chi connectivity index (χ1n) is 9.50. The van der Waals surface area contributed by atoms with E-state index in [1.54, 1.807) is 26.5 Å². The highest BCUT2D eigenvalue weighted by molar-refractivity contribution is 5.66. The van der Waals surface area contributed by atoms with Gasteiger partial charge in [-0.05, 0) is 42.0 Å². The average Bonchev–Trinajstić information content (AvgIpc) is 2.96. The van der Waals surface area contributed by atoms with Gasteiger partial charge in [0, 0.05) is 43.0 Å². The van der Waals surface area contributed by atoms with Crippen molar-refractivity contribution in [3.05, 3.63) is 65.9 Å². The second-order valence-corrected chi connectivity index (χ2v) is 6.98. The van der Waals surface area contributed by atoms with Crippen LogP contribution in [0.4, 0.5) is 0 Å². The van der Waals surface area contributed by atoms with Crippen LogP contribution in [0.15, 0.2) is 54.7 Å². The maximum Gasteiger partial charge on any atom is 0.165 e. The van der Waals surface area contributed by atoms with Crippen molar-refractivity contribution in [2.24, 2.45) is 0 Å². The Balaban J connectivity index is 1.62. The van der Waals surface area contributed by atoms with Gasteiger partial charge in [-0.2, -0.15) is 0 Å². The van der Waals surface area contributed by atoms with Gasteiger partial charge in [-0.15, -0.1) is 0 Å². The van der Waals surface area contributed by atoms with Crippen LogP contribution in [0, 0.1) is 0 Å². The zero-order valence-electron chi connectivity index (χ0n) is 16.6. The van der Waals surface area contributed by atoms with Crippen LogP contribution in [0.2, 0.25) is 0 Å². The molecule has 0 fully saturated rings. The number of rotatable bonds is 5. The summed E-state index contributed by atoms with van der Waals surface area (Å²) in [6.45, 7) is 2.62. The first kappa shape index (κ1) is 19.1. The summed E-state index contributed by atoms with van der Waals surface area (Å²) in [5.41, 5.74) is 3.72. The van der Waals surface area contributed by atoms with Crippen LogP contribution in [-0.4, -0.2) is 42.4 Å². The number of aromatic nitrogens is 1. The molecule has 0 saturated carbocycles. The van der Waals surface area contributed by atoms with E-state index >= 15 is 0 Å². The Hall–Kier alpha value is -3.25. The zero-order chi connectivity index (χ0) is 20.2. The second kappa shape index (κ2) is 8.41. The highest BCUT2D eigenvalue weighted by atomic mass is 16.5. The van der Waals surface area contributed by atoms with Crippen molar-refractivity contribution in [2.75, 3.05) is 27.4 Å². The minimum atomic E-state index is 0.146. The molecule has 0 bridgehead atoms. The summed E-state index contributed by atoms with van der Waals surface area (Å²) in [5.74, 6) is 2.23. The SMILES string of the molecule is COc1cc(CN2CCOc3c(O)cc(-c4ccccn4)cc3C2)cc(OC)c1. The van der Waals surface area contributed by atoms with Gasteiger partial charge >= 0.3 is 0 Å². The maximum absolute atomic E-state index is 10.5. The molecule has 1 aliphatic heterocycles. The summed E-state index contributed by atoms with van der Waals surface area (Å²) in [7, 11) is 3.30. The Morgan fingerprint density at radius 1 is 1.07 bits per heavy atom. The highest BCUT2D eigenvalue weighted by Crippen LogP contribution is 2.37. The number of hydrogen-bond acceptors (Lipinski definition) is 6. The summed E-state index contributed by atoms with van der Waals surface area (Å²) in [4.78, 5) is 6.67. The monoisotopic (exact) mass is 392 g/mol. The van der Waals surface area contributed by atoms with Gasteiger partial charge in [0.15, 0.2) is 11.5 Å². The van der Waals surface area contributed by atoms with Gasteiger partial charge in [-0.25, -0.2) is 0 Å². The van der Waals surface area contributed by atoms with E-state index in [-0.39, 0.29) is 5.75 Å². The Bertz CT molecular complexity index is 969. The molecule has 0 saturated heterocycles. The number of fused-ring (bicyclic) bond motifs is 1. The van der Waals surface area contributed by atoms with E-state index in [4.69, 9.17) is 14.2 Å². The summed E-state index contributed by atoms with van der Waals surface area (Å²) in [6.07, 6.45) is 1.75. The number of phenols is 1. The van der Waals surface area contributed by atoms with Crippen LogP contribution < -0.4 is 14.2 Å². The molecule has 4 rings (SSSR count). The van der Waals surface area contributed by atoms with Gasteiger partial charge in [0.05, 0.1) is 19.9 Å². The van der Waals surface area contributed by atoms with Gasteiger partial charge in [0.2, 0.25) is 0 Å². The van der Waals surface area contributed by atoms with Crippen LogP contribution in [0.1, 0.15) is 11.1 Å². The molecule has 0 atom stereocenters. The van der Waals surface area contributed by atoms with Crippen molar-refractivity contribution < 1.29 is 19.3 Å². The smallest absolute Gasteiger partial charge is 0.165 e. The molecule has 0 aliphatic carbocycles. The standard InChI is InChI=1S/C23H24N2O4/c1-27-19-9-16(10-20(13-19)28-2)14-25-7-8-29-23-18(15-25)11-17(12-22(23)26)21-5-3-4-6-24-21/h3-6,9-13,26H,7-8,14-15H2,1-2H3. The molecule has 1 N–H and O–H groups in total. The average molecular weight is 392 g/mol. The van der Waals surface area contributed by atoms with Crippen LogP contribution in [0.25, 0.3) is 11.3 Å². The molecule has 0 radical (unpaired) electrons. The van der Waals surface area contributed by atoms with Crippen molar-refractivity contribution in [1.82, 2.24) is 9.88 Å². The number of methoxy groups -OCH3 is 2. The number of phenolic OH excluding ortho intramolecular Hbond substituents is 1. The summed E-state index contributed by atoms with van der Waals surface area (Å²) in [6, 6.07) is 15.4. The summed E-state index contributed by atoms with van der Waals surface area (Å²) >= 11 is 0. The van der Waals surface area contributed by atoms with E-state index < -0.39 is 0 Å². The third-order valence-electron chi connectivity index (χ3n) is 4.97. The summed E-state index contributed by atoms with van der Waals surface area (Å²) < 4.78 is 16.6. The van der Waals surface area contributed by atoms with E-state index in [1.807, 2.05) is 42.5 Å². The van der Waals surface area contributed by atoms with Crippen LogP contribution in [0.3, 0.4) is 0 Å². The second-order valence-electron chi connectivity index (χ2n) is 6.98. The Kier molecular flexibility index (Phi) is 5.53. The molecule has 2 aromatic carbocycles. The van der Waals surface area contributed by atoms with E-state index in [9.17, 15) is 5.11 Å². The quantitative estimate of drug-likeness (QED) is 0.711. The fourth-order valence-corrected chi connectivity index (χ4v) is 3.59. The molecule has 3 aromatic rings. The van der Waals surface area contributed by atoms with Crippen LogP contribution in [0.5, 0.6) is 23.0 Å². The van der Waals surface area contributed by atoms with E-state index in [0.29, 0.717) is 25.4 Å². The number of hydrogen-bond donors (Lipinski definition) is 1. The third-order valence-corrected chi connectivity index (χ3v) is 4.97. The lowest BCUT2D eigenvalue weighted by molar-refractivity contribution is 0.217. The molecule has 6 heteroatoms. The minimum Gasteiger partial charge on any atom is -0.504 e. The molecule has 1 aromatic heterocycles. The molecule has 0 unspecified atom stereocenters. The first-order valence-corrected chi connectivity index (χ1v) is 9.50. The normalized spacial score (nSPS) is 13.9. The van der Waals surface area contributed by atoms with Gasteiger partial charge < -0.3 is 19.3 Å². The fraction of sp³-hybridized carbons (Fsp3) is 0.261. The number of ether oxygens (including phenoxy) is 3. The van der Waals surface area contributed by atoms with Crippen molar-refractivity contribution in [3.63, 3.8) is 0 Å². The number of pyridine rings is 1. The molecular weight excluding hydrogens is 368 g/mol. The van der Waals surface area contributed by atoms with Crippen LogP contribution >= 0.6 is 0 Å². The molecule has 150 valence electrons. The molecule has 0 spiro atoms. The predicted molar refractivity (Wildman–Crippen MR) is 110 cm³/mol. The van der Waals surface area contributed by atoms with Crippen LogP contribution in [-0.2, 0) is 13.1 Å². The van der Waals surface area contributed by atoms with E-state index in [1.165, 1.54) is 0 Å². The molecule has 2 heterocycles. The van der Waals surface area contributed by atoms with Gasteiger partial charge in [-0.3, -0.25) is 9.88 Å². The van der Waals surface area contributed by atoms with Crippen molar-refractivity contribution in [2.45, 2.75) is 13.1 Å². The van der Waals surface area contributed by atoms with E-state index in [0.717, 1.165) is 40.4 Å². The molecule has 6 nitrogen and oxygen atoms in total. The minimum absolute atomic E-state index is 0.146. The lowest BCUT2D eigenvalue weighted by Gasteiger charge is -2.20. The van der Waals surface area contributed by atoms with Gasteiger partial charge in [-0.1, -0.05) is 6.07 Å². The molecule has 29 heavy (non-hydrogen) atoms. The number of nitrogens with zero attached hydrogens (tertiary/aromatic N) is 2. The van der Waals surface area contributed by atoms with Gasteiger partial charge in [0.1, 0.15) is 18.1 Å². The summed E-state index contributed by atoms with van der Waals surface area (Å²) in [5, 5.41) is 10.5. The number of benzene rings is 2. The topological polar surface area (TPSA) is 64.1 Å². The van der Waals surface area contributed by atoms with Crippen molar-refractivity contribution in [1.29, 1.82) is 0 Å². The lowest BCUT2D eigenvalue weighted by Crippen LogP contribution is -2.25. The lowest BCUT2D eigenvalue weighted by atomic mass is 10.0. The predicted octanol–water partition coefficient (Wildman–Crippen LogP) is 3.87. The fourth-order valence-electron chi connectivity index (χ4n) is 3.59. The molecule has 0 amide bonds.